The maximum atomic E-state index is 10.7. The Morgan fingerprint density at radius 3 is 2.44 bits per heavy atom. The van der Waals surface area contributed by atoms with E-state index in [1.54, 1.807) is 0 Å². The number of nitrogens with zero attached hydrogens (tertiary/aromatic N) is 1. The van der Waals surface area contributed by atoms with Crippen molar-refractivity contribution < 1.29 is 14.3 Å². The molecule has 0 aliphatic carbocycles. The van der Waals surface area contributed by atoms with Gasteiger partial charge in [0, 0.05) is 10.0 Å². The van der Waals surface area contributed by atoms with Crippen molar-refractivity contribution in [1.29, 1.82) is 0 Å². The second-order valence-electron chi connectivity index (χ2n) is 6.89. The minimum Gasteiger partial charge on any atom is -0.490 e. The maximum absolute atomic E-state index is 10.7. The van der Waals surface area contributed by atoms with E-state index in [1.165, 1.54) is 11.8 Å². The van der Waals surface area contributed by atoms with Crippen LogP contribution in [0.3, 0.4) is 0 Å². The molecule has 0 heterocycles. The zero-order valence-electron chi connectivity index (χ0n) is 15.7. The number of amides is 2. The molecule has 144 valence electrons. The first-order valence-electron chi connectivity index (χ1n) is 8.50. The minimum atomic E-state index is -0.727. The van der Waals surface area contributed by atoms with Crippen molar-refractivity contribution in [3.8, 4) is 11.5 Å². The standard InChI is InChI=1S/C20H24BrN3O3/c1-20(2,3)15-4-7-17(8-5-15)26-10-11-27-18-9-6-16(21)12-14(18)13-23-24-19(22)25/h4-9,12-13H,10-11H2,1-3H3,(H3,22,24,25)/b23-13-. The lowest BCUT2D eigenvalue weighted by molar-refractivity contribution is 0.217. The van der Waals surface area contributed by atoms with Gasteiger partial charge in [-0.1, -0.05) is 48.8 Å². The Balaban J connectivity index is 1.89. The minimum absolute atomic E-state index is 0.116. The summed E-state index contributed by atoms with van der Waals surface area (Å²) in [5, 5.41) is 3.77. The number of ether oxygens (including phenoxy) is 2. The van der Waals surface area contributed by atoms with Crippen molar-refractivity contribution in [1.82, 2.24) is 5.43 Å². The Morgan fingerprint density at radius 2 is 1.81 bits per heavy atom. The van der Waals surface area contributed by atoms with Gasteiger partial charge in [0.2, 0.25) is 0 Å². The summed E-state index contributed by atoms with van der Waals surface area (Å²) in [5.74, 6) is 1.43. The molecule has 0 atom stereocenters. The molecular weight excluding hydrogens is 410 g/mol. The van der Waals surface area contributed by atoms with Crippen LogP contribution in [-0.4, -0.2) is 25.5 Å². The SMILES string of the molecule is CC(C)(C)c1ccc(OCCOc2ccc(Br)cc2/C=N\NC(N)=O)cc1. The summed E-state index contributed by atoms with van der Waals surface area (Å²) >= 11 is 3.40. The molecule has 0 unspecified atom stereocenters. The number of carbonyl (C=O) groups is 1. The highest BCUT2D eigenvalue weighted by Crippen LogP contribution is 2.24. The number of halogens is 1. The third-order valence-corrected chi connectivity index (χ3v) is 4.17. The molecule has 0 bridgehead atoms. The highest BCUT2D eigenvalue weighted by Gasteiger charge is 2.12. The van der Waals surface area contributed by atoms with Gasteiger partial charge >= 0.3 is 6.03 Å². The number of benzene rings is 2. The van der Waals surface area contributed by atoms with Crippen LogP contribution in [0.2, 0.25) is 0 Å². The normalized spacial score (nSPS) is 11.4. The Labute approximate surface area is 167 Å². The van der Waals surface area contributed by atoms with E-state index in [0.29, 0.717) is 24.5 Å². The van der Waals surface area contributed by atoms with Gasteiger partial charge in [-0.05, 0) is 41.3 Å². The topological polar surface area (TPSA) is 85.9 Å². The van der Waals surface area contributed by atoms with E-state index in [2.05, 4.69) is 59.4 Å². The summed E-state index contributed by atoms with van der Waals surface area (Å²) in [6.45, 7) is 7.30. The van der Waals surface area contributed by atoms with E-state index in [9.17, 15) is 4.79 Å². The fourth-order valence-corrected chi connectivity index (χ4v) is 2.66. The Hall–Kier alpha value is -2.54. The van der Waals surface area contributed by atoms with Crippen LogP contribution in [0.4, 0.5) is 4.79 Å². The lowest BCUT2D eigenvalue weighted by Gasteiger charge is -2.19. The van der Waals surface area contributed by atoms with E-state index in [1.807, 2.05) is 30.3 Å². The first kappa shape index (κ1) is 20.8. The molecule has 2 rings (SSSR count). The zero-order chi connectivity index (χ0) is 19.9. The smallest absolute Gasteiger partial charge is 0.332 e. The molecule has 0 aliphatic rings. The molecule has 0 spiro atoms. The van der Waals surface area contributed by atoms with Gasteiger partial charge in [-0.25, -0.2) is 10.2 Å². The highest BCUT2D eigenvalue weighted by atomic mass is 79.9. The van der Waals surface area contributed by atoms with Crippen molar-refractivity contribution in [2.75, 3.05) is 13.2 Å². The van der Waals surface area contributed by atoms with Crippen LogP contribution in [0.15, 0.2) is 52.0 Å². The molecule has 2 amide bonds. The van der Waals surface area contributed by atoms with Gasteiger partial charge in [0.05, 0.1) is 6.21 Å². The van der Waals surface area contributed by atoms with Crippen molar-refractivity contribution >= 4 is 28.2 Å². The number of urea groups is 1. The van der Waals surface area contributed by atoms with Crippen LogP contribution < -0.4 is 20.6 Å². The predicted molar refractivity (Wildman–Crippen MR) is 111 cm³/mol. The van der Waals surface area contributed by atoms with E-state index in [4.69, 9.17) is 15.2 Å². The molecule has 2 aromatic carbocycles. The lowest BCUT2D eigenvalue weighted by Crippen LogP contribution is -2.24. The highest BCUT2D eigenvalue weighted by molar-refractivity contribution is 9.10. The number of hydrogen-bond donors (Lipinski definition) is 2. The fraction of sp³-hybridized carbons (Fsp3) is 0.300. The fourth-order valence-electron chi connectivity index (χ4n) is 2.28. The molecule has 0 aromatic heterocycles. The Kier molecular flexibility index (Phi) is 7.24. The molecule has 0 fully saturated rings. The van der Waals surface area contributed by atoms with Crippen molar-refractivity contribution in [2.45, 2.75) is 26.2 Å². The zero-order valence-corrected chi connectivity index (χ0v) is 17.2. The Morgan fingerprint density at radius 1 is 1.15 bits per heavy atom. The molecule has 0 radical (unpaired) electrons. The summed E-state index contributed by atoms with van der Waals surface area (Å²) < 4.78 is 12.4. The number of hydrazone groups is 1. The number of nitrogens with two attached hydrogens (primary N) is 1. The third kappa shape index (κ3) is 6.94. The summed E-state index contributed by atoms with van der Waals surface area (Å²) in [5.41, 5.74) is 9.22. The number of hydrogen-bond acceptors (Lipinski definition) is 4. The summed E-state index contributed by atoms with van der Waals surface area (Å²) in [6, 6.07) is 12.9. The van der Waals surface area contributed by atoms with E-state index >= 15 is 0 Å². The van der Waals surface area contributed by atoms with Gasteiger partial charge in [-0.15, -0.1) is 0 Å². The van der Waals surface area contributed by atoms with E-state index in [-0.39, 0.29) is 5.41 Å². The van der Waals surface area contributed by atoms with Crippen LogP contribution in [0.1, 0.15) is 31.9 Å². The average Bonchev–Trinajstić information content (AvgIpc) is 2.59. The number of nitrogens with one attached hydrogen (secondary N) is 1. The first-order chi connectivity index (χ1) is 12.8. The van der Waals surface area contributed by atoms with Gasteiger partial charge < -0.3 is 15.2 Å². The molecule has 6 nitrogen and oxygen atoms in total. The number of rotatable bonds is 7. The van der Waals surface area contributed by atoms with E-state index < -0.39 is 6.03 Å². The predicted octanol–water partition coefficient (Wildman–Crippen LogP) is 4.21. The molecule has 27 heavy (non-hydrogen) atoms. The number of carbonyl (C=O) groups excluding carboxylic acids is 1. The average molecular weight is 434 g/mol. The van der Waals surface area contributed by atoms with Crippen molar-refractivity contribution in [3.05, 3.63) is 58.1 Å². The summed E-state index contributed by atoms with van der Waals surface area (Å²) in [7, 11) is 0. The molecule has 0 saturated heterocycles. The van der Waals surface area contributed by atoms with Crippen LogP contribution in [0, 0.1) is 0 Å². The molecular formula is C20H24BrN3O3. The van der Waals surface area contributed by atoms with E-state index in [0.717, 1.165) is 10.2 Å². The van der Waals surface area contributed by atoms with Gasteiger partial charge in [0.1, 0.15) is 24.7 Å². The molecule has 7 heteroatoms. The van der Waals surface area contributed by atoms with Gasteiger partial charge in [-0.3, -0.25) is 0 Å². The molecule has 0 aliphatic heterocycles. The summed E-state index contributed by atoms with van der Waals surface area (Å²) in [4.78, 5) is 10.7. The lowest BCUT2D eigenvalue weighted by atomic mass is 9.87. The summed E-state index contributed by atoms with van der Waals surface area (Å²) in [6.07, 6.45) is 1.47. The van der Waals surface area contributed by atoms with Gasteiger partial charge in [-0.2, -0.15) is 5.10 Å². The van der Waals surface area contributed by atoms with Gasteiger partial charge in [0.15, 0.2) is 0 Å². The third-order valence-electron chi connectivity index (χ3n) is 3.68. The first-order valence-corrected chi connectivity index (χ1v) is 9.29. The largest absolute Gasteiger partial charge is 0.490 e. The van der Waals surface area contributed by atoms with Crippen molar-refractivity contribution in [3.63, 3.8) is 0 Å². The second-order valence-corrected chi connectivity index (χ2v) is 7.80. The van der Waals surface area contributed by atoms with Crippen LogP contribution in [0.5, 0.6) is 11.5 Å². The molecule has 3 N–H and O–H groups in total. The van der Waals surface area contributed by atoms with Gasteiger partial charge in [0.25, 0.3) is 0 Å². The monoisotopic (exact) mass is 433 g/mol. The Bertz CT molecular complexity index is 799. The van der Waals surface area contributed by atoms with Crippen LogP contribution >= 0.6 is 15.9 Å². The van der Waals surface area contributed by atoms with Crippen LogP contribution in [0.25, 0.3) is 0 Å². The maximum Gasteiger partial charge on any atom is 0.332 e. The molecule has 0 saturated carbocycles. The van der Waals surface area contributed by atoms with Crippen LogP contribution in [-0.2, 0) is 5.41 Å². The molecule has 2 aromatic rings. The van der Waals surface area contributed by atoms with Crippen molar-refractivity contribution in [2.24, 2.45) is 10.8 Å². The number of primary amides is 1. The quantitative estimate of drug-likeness (QED) is 0.389. The second kappa shape index (κ2) is 9.41.